The SMILES string of the molecule is CC(C)(C)C(NC(=O)C1CC1)C(=O)N1C[C@H]2[C@@H]([C@H]1C(=O)NC(CC1Oc3ccccc3NC1=O)C(N)=O)C2(C)C. The van der Waals surface area contributed by atoms with Gasteiger partial charge in [0.1, 0.15) is 23.9 Å². The van der Waals surface area contributed by atoms with Crippen LogP contribution in [0.1, 0.15) is 53.9 Å². The zero-order chi connectivity index (χ0) is 29.1. The van der Waals surface area contributed by atoms with Crippen LogP contribution in [-0.2, 0) is 24.0 Å². The first-order chi connectivity index (χ1) is 18.7. The Balaban J connectivity index is 1.33. The van der Waals surface area contributed by atoms with Crippen LogP contribution in [0.15, 0.2) is 24.3 Å². The fraction of sp³-hybridized carbons (Fsp3) is 0.621. The lowest BCUT2D eigenvalue weighted by Gasteiger charge is -2.38. The van der Waals surface area contributed by atoms with Crippen molar-refractivity contribution in [2.75, 3.05) is 11.9 Å². The Morgan fingerprint density at radius 3 is 2.42 bits per heavy atom. The maximum atomic E-state index is 13.9. The Hall–Kier alpha value is -3.63. The van der Waals surface area contributed by atoms with E-state index in [1.54, 1.807) is 29.2 Å². The molecule has 0 aromatic heterocycles. The van der Waals surface area contributed by atoms with Crippen LogP contribution in [-0.4, -0.2) is 65.2 Å². The van der Waals surface area contributed by atoms with Crippen LogP contribution in [0.4, 0.5) is 5.69 Å². The Bertz CT molecular complexity index is 1250. The number of nitrogens with one attached hydrogen (secondary N) is 3. The van der Waals surface area contributed by atoms with Crippen LogP contribution in [0.25, 0.3) is 0 Å². The van der Waals surface area contributed by atoms with Gasteiger partial charge in [0.25, 0.3) is 5.91 Å². The molecule has 4 aliphatic rings. The Morgan fingerprint density at radius 1 is 1.12 bits per heavy atom. The predicted octanol–water partition coefficient (Wildman–Crippen LogP) is 1.17. The van der Waals surface area contributed by atoms with Crippen LogP contribution in [0, 0.1) is 28.6 Å². The molecule has 3 fully saturated rings. The van der Waals surface area contributed by atoms with E-state index < -0.39 is 47.4 Å². The van der Waals surface area contributed by atoms with Gasteiger partial charge in [-0.25, -0.2) is 0 Å². The zero-order valence-electron chi connectivity index (χ0n) is 23.7. The predicted molar refractivity (Wildman–Crippen MR) is 146 cm³/mol. The molecule has 3 unspecified atom stereocenters. The minimum Gasteiger partial charge on any atom is -0.478 e. The molecule has 2 aliphatic carbocycles. The number of ether oxygens (including phenoxy) is 1. The van der Waals surface area contributed by atoms with Crippen molar-refractivity contribution in [3.63, 3.8) is 0 Å². The van der Waals surface area contributed by atoms with Crippen molar-refractivity contribution in [3.8, 4) is 5.75 Å². The van der Waals surface area contributed by atoms with Crippen LogP contribution >= 0.6 is 0 Å². The molecular formula is C29H39N5O6. The molecule has 1 aromatic rings. The summed E-state index contributed by atoms with van der Waals surface area (Å²) in [5, 5.41) is 8.40. The van der Waals surface area contributed by atoms with Crippen molar-refractivity contribution in [2.24, 2.45) is 34.3 Å². The molecule has 1 saturated heterocycles. The average molecular weight is 554 g/mol. The second-order valence-corrected chi connectivity index (χ2v) is 13.3. The first-order valence-electron chi connectivity index (χ1n) is 14.0. The molecule has 5 N–H and O–H groups in total. The molecule has 0 bridgehead atoms. The summed E-state index contributed by atoms with van der Waals surface area (Å²) in [5.41, 5.74) is 5.44. The molecular weight excluding hydrogens is 514 g/mol. The Labute approximate surface area is 233 Å². The second kappa shape index (κ2) is 9.78. The highest BCUT2D eigenvalue weighted by molar-refractivity contribution is 5.99. The molecule has 5 amide bonds. The van der Waals surface area contributed by atoms with E-state index in [9.17, 15) is 24.0 Å². The smallest absolute Gasteiger partial charge is 0.265 e. The van der Waals surface area contributed by atoms with Crippen LogP contribution in [0.2, 0.25) is 0 Å². The van der Waals surface area contributed by atoms with Crippen molar-refractivity contribution < 1.29 is 28.7 Å². The number of fused-ring (bicyclic) bond motifs is 2. The first-order valence-corrected chi connectivity index (χ1v) is 14.0. The third-order valence-electron chi connectivity index (χ3n) is 8.92. The van der Waals surface area contributed by atoms with Gasteiger partial charge in [-0.3, -0.25) is 24.0 Å². The number of carbonyl (C=O) groups excluding carboxylic acids is 5. The number of rotatable bonds is 8. The topological polar surface area (TPSA) is 160 Å². The summed E-state index contributed by atoms with van der Waals surface area (Å²) < 4.78 is 5.81. The highest BCUT2D eigenvalue weighted by Gasteiger charge is 2.70. The third-order valence-corrected chi connectivity index (χ3v) is 8.92. The molecule has 216 valence electrons. The Morgan fingerprint density at radius 2 is 1.80 bits per heavy atom. The van der Waals surface area contributed by atoms with Crippen molar-refractivity contribution in [3.05, 3.63) is 24.3 Å². The Kier molecular flexibility index (Phi) is 6.82. The third kappa shape index (κ3) is 5.13. The highest BCUT2D eigenvalue weighted by atomic mass is 16.5. The summed E-state index contributed by atoms with van der Waals surface area (Å²) in [4.78, 5) is 67.0. The number of amides is 5. The standard InChI is InChI=1S/C29H39N5O6/c1-28(2,3)22(33-24(36)14-10-11-14)27(39)34-13-15-20(29(15,4)5)21(34)26(38)32-17(23(30)35)12-19-25(37)31-16-8-6-7-9-18(16)40-19/h6-9,14-15,17,19-22H,10-13H2,1-5H3,(H2,30,35)(H,31,37)(H,32,38)(H,33,36)/t15-,17?,19?,20-,21-,22?/m0/s1. The molecule has 5 rings (SSSR count). The monoisotopic (exact) mass is 553 g/mol. The summed E-state index contributed by atoms with van der Waals surface area (Å²) in [6.07, 6.45) is 0.420. The van der Waals surface area contributed by atoms with Gasteiger partial charge in [0, 0.05) is 18.9 Å². The van der Waals surface area contributed by atoms with Gasteiger partial charge in [-0.1, -0.05) is 46.8 Å². The number of hydrogen-bond acceptors (Lipinski definition) is 6. The maximum Gasteiger partial charge on any atom is 0.265 e. The minimum atomic E-state index is -1.20. The van der Waals surface area contributed by atoms with E-state index in [-0.39, 0.29) is 41.4 Å². The van der Waals surface area contributed by atoms with E-state index in [2.05, 4.69) is 29.8 Å². The van der Waals surface area contributed by atoms with Crippen molar-refractivity contribution in [2.45, 2.75) is 78.1 Å². The summed E-state index contributed by atoms with van der Waals surface area (Å²) in [6, 6.07) is 4.09. The number of nitrogens with zero attached hydrogens (tertiary/aromatic N) is 1. The number of piperidine rings is 1. The largest absolute Gasteiger partial charge is 0.478 e. The fourth-order valence-corrected chi connectivity index (χ4v) is 6.20. The zero-order valence-corrected chi connectivity index (χ0v) is 23.7. The van der Waals surface area contributed by atoms with Crippen molar-refractivity contribution in [1.29, 1.82) is 0 Å². The average Bonchev–Trinajstić information content (AvgIpc) is 3.75. The van der Waals surface area contributed by atoms with Gasteiger partial charge in [0.15, 0.2) is 6.10 Å². The van der Waals surface area contributed by atoms with Crippen LogP contribution in [0.5, 0.6) is 5.75 Å². The number of para-hydroxylation sites is 2. The van der Waals surface area contributed by atoms with Gasteiger partial charge in [-0.05, 0) is 47.6 Å². The van der Waals surface area contributed by atoms with Crippen LogP contribution in [0.3, 0.4) is 0 Å². The number of likely N-dealkylation sites (tertiary alicyclic amines) is 1. The van der Waals surface area contributed by atoms with Gasteiger partial charge in [0.2, 0.25) is 23.6 Å². The number of benzene rings is 1. The second-order valence-electron chi connectivity index (χ2n) is 13.3. The fourth-order valence-electron chi connectivity index (χ4n) is 6.20. The number of anilines is 1. The molecule has 6 atom stereocenters. The van der Waals surface area contributed by atoms with E-state index in [4.69, 9.17) is 10.5 Å². The first kappa shape index (κ1) is 27.9. The molecule has 0 spiro atoms. The van der Waals surface area contributed by atoms with E-state index >= 15 is 0 Å². The number of nitrogens with two attached hydrogens (primary N) is 1. The van der Waals surface area contributed by atoms with Gasteiger partial charge in [-0.15, -0.1) is 0 Å². The highest BCUT2D eigenvalue weighted by Crippen LogP contribution is 2.65. The van der Waals surface area contributed by atoms with Gasteiger partial charge >= 0.3 is 0 Å². The molecule has 2 aliphatic heterocycles. The van der Waals surface area contributed by atoms with Crippen molar-refractivity contribution >= 4 is 35.2 Å². The maximum absolute atomic E-state index is 13.9. The van der Waals surface area contributed by atoms with E-state index in [1.807, 2.05) is 20.8 Å². The summed E-state index contributed by atoms with van der Waals surface area (Å²) in [7, 11) is 0. The molecule has 0 radical (unpaired) electrons. The number of carbonyl (C=O) groups is 5. The lowest BCUT2D eigenvalue weighted by molar-refractivity contribution is -0.146. The summed E-state index contributed by atoms with van der Waals surface area (Å²) in [5.74, 6) is -1.81. The van der Waals surface area contributed by atoms with E-state index in [0.717, 1.165) is 12.8 Å². The lowest BCUT2D eigenvalue weighted by Crippen LogP contribution is -2.61. The molecule has 2 saturated carbocycles. The molecule has 11 nitrogen and oxygen atoms in total. The van der Waals surface area contributed by atoms with Crippen LogP contribution < -0.4 is 26.4 Å². The molecule has 40 heavy (non-hydrogen) atoms. The number of primary amides is 1. The summed E-state index contributed by atoms with van der Waals surface area (Å²) in [6.45, 7) is 10.2. The minimum absolute atomic E-state index is 0.0647. The van der Waals surface area contributed by atoms with E-state index in [0.29, 0.717) is 18.0 Å². The molecule has 11 heteroatoms. The quantitative estimate of drug-likeness (QED) is 0.378. The summed E-state index contributed by atoms with van der Waals surface area (Å²) >= 11 is 0. The lowest BCUT2D eigenvalue weighted by atomic mass is 9.85. The van der Waals surface area contributed by atoms with Gasteiger partial charge in [-0.2, -0.15) is 0 Å². The van der Waals surface area contributed by atoms with E-state index in [1.165, 1.54) is 0 Å². The molecule has 2 heterocycles. The number of hydrogen-bond donors (Lipinski definition) is 4. The molecule has 1 aromatic carbocycles. The normalized spacial score (nSPS) is 27.7. The van der Waals surface area contributed by atoms with Gasteiger partial charge in [0.05, 0.1) is 5.69 Å². The van der Waals surface area contributed by atoms with Crippen molar-refractivity contribution in [1.82, 2.24) is 15.5 Å². The van der Waals surface area contributed by atoms with Gasteiger partial charge < -0.3 is 31.3 Å².